The minimum atomic E-state index is -2.25. The van der Waals surface area contributed by atoms with Crippen LogP contribution in [-0.4, -0.2) is 69.6 Å². The number of esters is 3. The first-order valence-electron chi connectivity index (χ1n) is 10.9. The van der Waals surface area contributed by atoms with Crippen molar-refractivity contribution in [1.29, 1.82) is 0 Å². The fraction of sp³-hybridized carbons (Fsp3) is 0.375. The van der Waals surface area contributed by atoms with Crippen molar-refractivity contribution in [1.82, 2.24) is 0 Å². The van der Waals surface area contributed by atoms with Crippen molar-refractivity contribution in [3.63, 3.8) is 0 Å². The fourth-order valence-electron chi connectivity index (χ4n) is 5.13. The van der Waals surface area contributed by atoms with E-state index in [1.807, 2.05) is 5.11 Å². The number of Topliss-reactive ketones (excluding diaryl/α,β-unsaturated/α-hetero) is 2. The molecule has 36 heavy (non-hydrogen) atoms. The second-order valence-corrected chi connectivity index (χ2v) is 8.85. The zero-order valence-electron chi connectivity index (χ0n) is 19.6. The van der Waals surface area contributed by atoms with Crippen LogP contribution in [-0.2, 0) is 28.6 Å². The standard InChI is InChI=1S/C24H22N2O10/c1-8(27)34-21-15-14-16(20(32)13-11(19(14)31)6-5-7-12(13)30)18(26-25)17(15)22(35-9(2)28)24(4,33)23(21)36-10(3)29/h5-7,18,21-23,26,30,33H,1-4H3/t18?,21-,22+,23+,24+/m0/s1. The maximum Gasteiger partial charge on any atom is 0.303 e. The molecular formula is C24H22N2O10. The van der Waals surface area contributed by atoms with Crippen LogP contribution >= 0.6 is 0 Å². The van der Waals surface area contributed by atoms with E-state index in [9.17, 15) is 39.7 Å². The van der Waals surface area contributed by atoms with Gasteiger partial charge in [-0.05, 0) is 13.0 Å². The number of aromatic hydroxyl groups is 1. The number of ketones is 2. The van der Waals surface area contributed by atoms with Gasteiger partial charge in [-0.25, -0.2) is 0 Å². The Morgan fingerprint density at radius 2 is 1.58 bits per heavy atom. The van der Waals surface area contributed by atoms with Crippen molar-refractivity contribution < 1.29 is 53.5 Å². The normalized spacial score (nSPS) is 28.7. The van der Waals surface area contributed by atoms with Crippen molar-refractivity contribution in [2.24, 2.45) is 0 Å². The molecule has 3 N–H and O–H groups in total. The molecule has 0 heterocycles. The summed E-state index contributed by atoms with van der Waals surface area (Å²) in [7, 11) is 0. The van der Waals surface area contributed by atoms with E-state index in [-0.39, 0.29) is 33.4 Å². The Hall–Kier alpha value is -4.19. The molecule has 3 aliphatic carbocycles. The molecule has 5 atom stereocenters. The number of carbonyl (C=O) groups excluding carboxylic acids is 5. The smallest absolute Gasteiger partial charge is 0.303 e. The van der Waals surface area contributed by atoms with Crippen LogP contribution in [0.4, 0.5) is 0 Å². The first-order valence-corrected chi connectivity index (χ1v) is 10.9. The van der Waals surface area contributed by atoms with Gasteiger partial charge in [0, 0.05) is 37.5 Å². The predicted molar refractivity (Wildman–Crippen MR) is 116 cm³/mol. The second-order valence-electron chi connectivity index (χ2n) is 8.85. The number of ether oxygens (including phenoxy) is 3. The number of carbonyl (C=O) groups is 5. The summed E-state index contributed by atoms with van der Waals surface area (Å²) in [5, 5.41) is 23.7. The van der Waals surface area contributed by atoms with E-state index in [0.717, 1.165) is 27.7 Å². The van der Waals surface area contributed by atoms with E-state index in [1.165, 1.54) is 18.2 Å². The number of phenolic OH excluding ortho intramolecular Hbond substituents is 1. The topological polar surface area (TPSA) is 190 Å². The highest BCUT2D eigenvalue weighted by Gasteiger charge is 2.64. The van der Waals surface area contributed by atoms with E-state index in [4.69, 9.17) is 14.2 Å². The molecule has 12 nitrogen and oxygen atoms in total. The average Bonchev–Trinajstić information content (AvgIpc) is 3.12. The molecule has 0 spiro atoms. The summed E-state index contributed by atoms with van der Waals surface area (Å²) in [6, 6.07) is 2.37. The van der Waals surface area contributed by atoms with E-state index in [1.54, 1.807) is 0 Å². The molecule has 0 aliphatic heterocycles. The number of benzene rings is 1. The third-order valence-corrected chi connectivity index (χ3v) is 6.38. The quantitative estimate of drug-likeness (QED) is 0.275. The molecule has 1 aromatic carbocycles. The zero-order valence-corrected chi connectivity index (χ0v) is 19.6. The third-order valence-electron chi connectivity index (χ3n) is 6.38. The van der Waals surface area contributed by atoms with Crippen molar-refractivity contribution in [3.05, 3.63) is 57.1 Å². The molecule has 0 aromatic heterocycles. The summed E-state index contributed by atoms with van der Waals surface area (Å²) in [6.07, 6.45) is -4.96. The van der Waals surface area contributed by atoms with Crippen LogP contribution in [0.15, 0.2) is 40.5 Å². The summed E-state index contributed by atoms with van der Waals surface area (Å²) in [5.41, 5.74) is 6.46. The fourth-order valence-corrected chi connectivity index (χ4v) is 5.13. The zero-order chi connectivity index (χ0) is 26.7. The van der Waals surface area contributed by atoms with Gasteiger partial charge < -0.3 is 35.1 Å². The summed E-state index contributed by atoms with van der Waals surface area (Å²) < 4.78 is 16.1. The highest BCUT2D eigenvalue weighted by molar-refractivity contribution is 6.31. The minimum Gasteiger partial charge on any atom is -0.508 e. The van der Waals surface area contributed by atoms with Crippen LogP contribution in [0.3, 0.4) is 0 Å². The lowest BCUT2D eigenvalue weighted by Gasteiger charge is -2.46. The summed E-state index contributed by atoms with van der Waals surface area (Å²) in [4.78, 5) is 63.3. The van der Waals surface area contributed by atoms with Crippen LogP contribution in [0.2, 0.25) is 0 Å². The van der Waals surface area contributed by atoms with E-state index >= 15 is 0 Å². The number of hydrogen-bond acceptors (Lipinski definition) is 10. The van der Waals surface area contributed by atoms with Gasteiger partial charge in [-0.15, -0.1) is 0 Å². The van der Waals surface area contributed by atoms with Gasteiger partial charge in [-0.1, -0.05) is 12.1 Å². The van der Waals surface area contributed by atoms with Crippen molar-refractivity contribution in [2.45, 2.75) is 57.6 Å². The molecule has 0 fully saturated rings. The van der Waals surface area contributed by atoms with Crippen LogP contribution in [0.5, 0.6) is 5.75 Å². The molecule has 0 bridgehead atoms. The Balaban J connectivity index is 2.07. The minimum absolute atomic E-state index is 0.147. The molecule has 1 aromatic rings. The molecule has 1 unspecified atom stereocenters. The first kappa shape index (κ1) is 24.9. The van der Waals surface area contributed by atoms with Gasteiger partial charge in [0.15, 0.2) is 30.1 Å². The molecular weight excluding hydrogens is 476 g/mol. The predicted octanol–water partition coefficient (Wildman–Crippen LogP) is -0.591. The Labute approximate surface area is 204 Å². The first-order chi connectivity index (χ1) is 16.8. The second kappa shape index (κ2) is 8.48. The highest BCUT2D eigenvalue weighted by atomic mass is 16.6. The van der Waals surface area contributed by atoms with Gasteiger partial charge in [0.2, 0.25) is 5.78 Å². The number of phenols is 1. The Morgan fingerprint density at radius 3 is 2.14 bits per heavy atom. The Bertz CT molecular complexity index is 1320. The van der Waals surface area contributed by atoms with Crippen molar-refractivity contribution in [2.75, 3.05) is 0 Å². The maximum atomic E-state index is 13.7. The SMILES string of the molecule is CC(=O)O[C@@H]1C2=C(C3=C(C(=O)c4c(O)cccc4C3=O)C2[NH+]=[N-])[C@H](OC(C)=O)[C@@H](OC(C)=O)[C@]1(C)O. The van der Waals surface area contributed by atoms with E-state index < -0.39 is 65.2 Å². The van der Waals surface area contributed by atoms with Gasteiger partial charge in [-0.2, -0.15) is 0 Å². The lowest BCUT2D eigenvalue weighted by molar-refractivity contribution is -0.504. The van der Waals surface area contributed by atoms with Gasteiger partial charge in [0.05, 0.1) is 16.7 Å². The van der Waals surface area contributed by atoms with Crippen LogP contribution < -0.4 is 5.11 Å². The highest BCUT2D eigenvalue weighted by Crippen LogP contribution is 2.50. The molecule has 0 radical (unpaired) electrons. The average molecular weight is 498 g/mol. The Morgan fingerprint density at radius 1 is 0.972 bits per heavy atom. The van der Waals surface area contributed by atoms with Crippen molar-refractivity contribution in [3.8, 4) is 5.75 Å². The summed E-state index contributed by atoms with van der Waals surface area (Å²) in [6.45, 7) is 4.29. The van der Waals surface area contributed by atoms with Crippen molar-refractivity contribution >= 4 is 29.5 Å². The number of rotatable bonds is 4. The maximum absolute atomic E-state index is 13.7. The van der Waals surface area contributed by atoms with E-state index in [0.29, 0.717) is 0 Å². The van der Waals surface area contributed by atoms with Gasteiger partial charge >= 0.3 is 17.9 Å². The third kappa shape index (κ3) is 3.52. The number of hydrogen-bond donors (Lipinski definition) is 3. The number of aliphatic hydroxyl groups is 1. The molecule has 0 saturated carbocycles. The van der Waals surface area contributed by atoms with E-state index in [2.05, 4.69) is 0 Å². The van der Waals surface area contributed by atoms with Gasteiger partial charge in [0.1, 0.15) is 11.4 Å². The molecule has 4 rings (SSSR count). The Kier molecular flexibility index (Phi) is 5.87. The molecule has 0 saturated heterocycles. The van der Waals surface area contributed by atoms with Gasteiger partial charge in [0.25, 0.3) is 0 Å². The lowest BCUT2D eigenvalue weighted by Crippen LogP contribution is -2.76. The number of nitrogens with zero attached hydrogens (tertiary/aromatic N) is 1. The molecule has 188 valence electrons. The van der Waals surface area contributed by atoms with Crippen LogP contribution in [0, 0.1) is 0 Å². The lowest BCUT2D eigenvalue weighted by atomic mass is 9.73. The monoisotopic (exact) mass is 498 g/mol. The summed E-state index contributed by atoms with van der Waals surface area (Å²) >= 11 is 0. The largest absolute Gasteiger partial charge is 0.508 e. The molecule has 0 amide bonds. The van der Waals surface area contributed by atoms with Crippen LogP contribution in [0.1, 0.15) is 48.4 Å². The van der Waals surface area contributed by atoms with Crippen LogP contribution in [0.25, 0.3) is 5.53 Å². The van der Waals surface area contributed by atoms with Gasteiger partial charge in [-0.3, -0.25) is 24.0 Å². The molecule has 3 aliphatic rings. The summed E-state index contributed by atoms with van der Waals surface area (Å²) in [5.74, 6) is -4.70. The number of nitrogens with one attached hydrogen (secondary N) is 1. The molecule has 12 heteroatoms. The number of fused-ring (bicyclic) bond motifs is 2.